The van der Waals surface area contributed by atoms with Crippen LogP contribution < -0.4 is 10.6 Å². The largest absolute Gasteiger partial charge is 0.368 e. The number of carbonyl (C=O) groups is 1. The summed E-state index contributed by atoms with van der Waals surface area (Å²) < 4.78 is 0. The molecule has 0 aliphatic rings. The molecule has 0 aliphatic heterocycles. The van der Waals surface area contributed by atoms with Crippen molar-refractivity contribution in [3.63, 3.8) is 0 Å². The molecule has 106 valence electrons. The molecular weight excluding hydrogens is 240 g/mol. The van der Waals surface area contributed by atoms with Gasteiger partial charge in [-0.1, -0.05) is 6.92 Å². The van der Waals surface area contributed by atoms with Crippen molar-refractivity contribution in [3.8, 4) is 0 Å². The first-order valence-corrected chi connectivity index (χ1v) is 6.68. The number of pyridine rings is 1. The first-order chi connectivity index (χ1) is 9.02. The maximum atomic E-state index is 11.9. The summed E-state index contributed by atoms with van der Waals surface area (Å²) in [6.45, 7) is 5.66. The van der Waals surface area contributed by atoms with Crippen molar-refractivity contribution in [2.24, 2.45) is 0 Å². The zero-order chi connectivity index (χ0) is 14.3. The van der Waals surface area contributed by atoms with Gasteiger partial charge in [0.1, 0.15) is 5.82 Å². The molecule has 5 nitrogen and oxygen atoms in total. The average molecular weight is 264 g/mol. The second-order valence-corrected chi connectivity index (χ2v) is 4.94. The van der Waals surface area contributed by atoms with Gasteiger partial charge in [-0.25, -0.2) is 4.98 Å². The van der Waals surface area contributed by atoms with Crippen LogP contribution in [0.15, 0.2) is 18.3 Å². The van der Waals surface area contributed by atoms with Crippen molar-refractivity contribution in [1.82, 2.24) is 15.2 Å². The Balaban J connectivity index is 2.57. The Morgan fingerprint density at radius 1 is 1.47 bits per heavy atom. The quantitative estimate of drug-likeness (QED) is 0.785. The predicted octanol–water partition coefficient (Wildman–Crippen LogP) is 1.58. The topological polar surface area (TPSA) is 57.3 Å². The number of carbonyl (C=O) groups excluding carboxylic acids is 1. The van der Waals surface area contributed by atoms with Crippen molar-refractivity contribution in [1.29, 1.82) is 0 Å². The zero-order valence-corrected chi connectivity index (χ0v) is 12.2. The standard InChI is InChI=1S/C14H24N4O/c1-5-11(2)17-13-10-12(6-7-15-13)14(19)16-8-9-18(3)4/h6-7,10-11H,5,8-9H2,1-4H3,(H,15,17)(H,16,19). The fraction of sp³-hybridized carbons (Fsp3) is 0.571. The molecule has 19 heavy (non-hydrogen) atoms. The van der Waals surface area contributed by atoms with Crippen LogP contribution in [-0.2, 0) is 0 Å². The van der Waals surface area contributed by atoms with Gasteiger partial charge in [-0.15, -0.1) is 0 Å². The van der Waals surface area contributed by atoms with E-state index in [1.807, 2.05) is 19.0 Å². The lowest BCUT2D eigenvalue weighted by Crippen LogP contribution is -2.31. The van der Waals surface area contributed by atoms with Gasteiger partial charge in [-0.05, 0) is 39.6 Å². The third kappa shape index (κ3) is 5.70. The molecule has 0 aromatic carbocycles. The average Bonchev–Trinajstić information content (AvgIpc) is 2.38. The fourth-order valence-corrected chi connectivity index (χ4v) is 1.50. The molecule has 0 bridgehead atoms. The van der Waals surface area contributed by atoms with Gasteiger partial charge < -0.3 is 15.5 Å². The summed E-state index contributed by atoms with van der Waals surface area (Å²) in [5.74, 6) is 0.686. The minimum Gasteiger partial charge on any atom is -0.368 e. The first kappa shape index (κ1) is 15.4. The third-order valence-electron chi connectivity index (χ3n) is 2.87. The van der Waals surface area contributed by atoms with Crippen molar-refractivity contribution < 1.29 is 4.79 Å². The van der Waals surface area contributed by atoms with E-state index in [-0.39, 0.29) is 5.91 Å². The normalized spacial score (nSPS) is 12.3. The molecule has 0 spiro atoms. The monoisotopic (exact) mass is 264 g/mol. The summed E-state index contributed by atoms with van der Waals surface area (Å²) >= 11 is 0. The fourth-order valence-electron chi connectivity index (χ4n) is 1.50. The van der Waals surface area contributed by atoms with Crippen LogP contribution in [0, 0.1) is 0 Å². The van der Waals surface area contributed by atoms with Crippen LogP contribution in [-0.4, -0.2) is 49.0 Å². The molecule has 1 aromatic heterocycles. The van der Waals surface area contributed by atoms with E-state index in [1.165, 1.54) is 0 Å². The van der Waals surface area contributed by atoms with Crippen molar-refractivity contribution in [3.05, 3.63) is 23.9 Å². The van der Waals surface area contributed by atoms with Crippen LogP contribution in [0.2, 0.25) is 0 Å². The van der Waals surface area contributed by atoms with Crippen LogP contribution in [0.1, 0.15) is 30.6 Å². The molecular formula is C14H24N4O. The molecule has 0 aliphatic carbocycles. The van der Waals surface area contributed by atoms with E-state index in [1.54, 1.807) is 18.3 Å². The van der Waals surface area contributed by atoms with E-state index in [0.29, 0.717) is 18.2 Å². The van der Waals surface area contributed by atoms with Crippen molar-refractivity contribution >= 4 is 11.7 Å². The molecule has 0 radical (unpaired) electrons. The molecule has 1 unspecified atom stereocenters. The molecule has 1 aromatic rings. The summed E-state index contributed by atoms with van der Waals surface area (Å²) in [6.07, 6.45) is 2.67. The molecule has 1 heterocycles. The molecule has 0 saturated carbocycles. The number of nitrogens with one attached hydrogen (secondary N) is 2. The lowest BCUT2D eigenvalue weighted by atomic mass is 10.2. The van der Waals surface area contributed by atoms with Gasteiger partial charge in [0, 0.05) is 30.9 Å². The van der Waals surface area contributed by atoms with Gasteiger partial charge in [0.25, 0.3) is 5.91 Å². The van der Waals surface area contributed by atoms with E-state index >= 15 is 0 Å². The van der Waals surface area contributed by atoms with Crippen LogP contribution in [0.3, 0.4) is 0 Å². The Hall–Kier alpha value is -1.62. The molecule has 1 rings (SSSR count). The highest BCUT2D eigenvalue weighted by molar-refractivity contribution is 5.94. The van der Waals surface area contributed by atoms with Gasteiger partial charge in [-0.3, -0.25) is 4.79 Å². The SMILES string of the molecule is CCC(C)Nc1cc(C(=O)NCCN(C)C)ccn1. The van der Waals surface area contributed by atoms with Crippen molar-refractivity contribution in [2.75, 3.05) is 32.5 Å². The predicted molar refractivity (Wildman–Crippen MR) is 78.5 cm³/mol. The lowest BCUT2D eigenvalue weighted by molar-refractivity contribution is 0.0951. The van der Waals surface area contributed by atoms with Crippen LogP contribution >= 0.6 is 0 Å². The van der Waals surface area contributed by atoms with E-state index < -0.39 is 0 Å². The number of likely N-dealkylation sites (N-methyl/N-ethyl adjacent to an activating group) is 1. The first-order valence-electron chi connectivity index (χ1n) is 6.68. The molecule has 0 saturated heterocycles. The molecule has 1 amide bonds. The number of aromatic nitrogens is 1. The molecule has 0 fully saturated rings. The Morgan fingerprint density at radius 3 is 2.84 bits per heavy atom. The number of hydrogen-bond donors (Lipinski definition) is 2. The lowest BCUT2D eigenvalue weighted by Gasteiger charge is -2.13. The highest BCUT2D eigenvalue weighted by Crippen LogP contribution is 2.09. The Morgan fingerprint density at radius 2 is 2.21 bits per heavy atom. The van der Waals surface area contributed by atoms with Crippen LogP contribution in [0.25, 0.3) is 0 Å². The van der Waals surface area contributed by atoms with Gasteiger partial charge >= 0.3 is 0 Å². The zero-order valence-electron chi connectivity index (χ0n) is 12.2. The second kappa shape index (κ2) is 7.74. The van der Waals surface area contributed by atoms with E-state index in [0.717, 1.165) is 18.8 Å². The van der Waals surface area contributed by atoms with E-state index in [2.05, 4.69) is 29.5 Å². The highest BCUT2D eigenvalue weighted by Gasteiger charge is 2.07. The molecule has 5 heteroatoms. The number of rotatable bonds is 7. The van der Waals surface area contributed by atoms with Crippen LogP contribution in [0.4, 0.5) is 5.82 Å². The van der Waals surface area contributed by atoms with Crippen LogP contribution in [0.5, 0.6) is 0 Å². The highest BCUT2D eigenvalue weighted by atomic mass is 16.1. The van der Waals surface area contributed by atoms with Crippen molar-refractivity contribution in [2.45, 2.75) is 26.3 Å². The molecule has 1 atom stereocenters. The van der Waals surface area contributed by atoms with Gasteiger partial charge in [0.15, 0.2) is 0 Å². The Kier molecular flexibility index (Phi) is 6.29. The second-order valence-electron chi connectivity index (χ2n) is 4.94. The van der Waals surface area contributed by atoms with Gasteiger partial charge in [0.2, 0.25) is 0 Å². The maximum Gasteiger partial charge on any atom is 0.251 e. The van der Waals surface area contributed by atoms with E-state index in [9.17, 15) is 4.79 Å². The molecule has 2 N–H and O–H groups in total. The number of hydrogen-bond acceptors (Lipinski definition) is 4. The summed E-state index contributed by atoms with van der Waals surface area (Å²) in [5, 5.41) is 6.15. The number of amides is 1. The summed E-state index contributed by atoms with van der Waals surface area (Å²) in [4.78, 5) is 18.2. The number of nitrogens with zero attached hydrogens (tertiary/aromatic N) is 2. The Bertz CT molecular complexity index is 406. The minimum atomic E-state index is -0.0588. The Labute approximate surface area is 115 Å². The summed E-state index contributed by atoms with van der Waals surface area (Å²) in [7, 11) is 3.96. The van der Waals surface area contributed by atoms with Gasteiger partial charge in [-0.2, -0.15) is 0 Å². The maximum absolute atomic E-state index is 11.9. The van der Waals surface area contributed by atoms with Gasteiger partial charge in [0.05, 0.1) is 0 Å². The smallest absolute Gasteiger partial charge is 0.251 e. The number of anilines is 1. The summed E-state index contributed by atoms with van der Waals surface area (Å²) in [6, 6.07) is 3.86. The third-order valence-corrected chi connectivity index (χ3v) is 2.87. The summed E-state index contributed by atoms with van der Waals surface area (Å²) in [5.41, 5.74) is 0.638. The van der Waals surface area contributed by atoms with E-state index in [4.69, 9.17) is 0 Å². The minimum absolute atomic E-state index is 0.0588.